The number of rotatable bonds is 5. The number of nitrogens with zero attached hydrogens (tertiary/aromatic N) is 5. The summed E-state index contributed by atoms with van der Waals surface area (Å²) < 4.78 is 39.4. The van der Waals surface area contributed by atoms with Gasteiger partial charge in [0.1, 0.15) is 22.8 Å². The average Bonchev–Trinajstić information content (AvgIpc) is 3.64. The van der Waals surface area contributed by atoms with Gasteiger partial charge in [-0.1, -0.05) is 6.07 Å². The van der Waals surface area contributed by atoms with Crippen LogP contribution in [0.25, 0.3) is 0 Å². The molecule has 0 atom stereocenters. The highest BCUT2D eigenvalue weighted by Gasteiger charge is 2.63. The maximum absolute atomic E-state index is 13.1. The summed E-state index contributed by atoms with van der Waals surface area (Å²) in [5, 5.41) is 21.1. The zero-order valence-corrected chi connectivity index (χ0v) is 19.7. The molecule has 36 heavy (non-hydrogen) atoms. The van der Waals surface area contributed by atoms with Gasteiger partial charge < -0.3 is 25.2 Å². The number of anilines is 1. The summed E-state index contributed by atoms with van der Waals surface area (Å²) in [6, 6.07) is 3.45. The van der Waals surface area contributed by atoms with Crippen molar-refractivity contribution in [2.24, 2.45) is 5.41 Å². The van der Waals surface area contributed by atoms with Crippen LogP contribution in [0.5, 0.6) is 0 Å². The first kappa shape index (κ1) is 22.3. The van der Waals surface area contributed by atoms with E-state index in [9.17, 15) is 23.1 Å². The Hall–Kier alpha value is -2.89. The van der Waals surface area contributed by atoms with Crippen molar-refractivity contribution in [1.29, 1.82) is 0 Å². The van der Waals surface area contributed by atoms with Crippen LogP contribution in [0.15, 0.2) is 18.3 Å². The molecule has 5 fully saturated rings. The monoisotopic (exact) mass is 503 g/mol. The third kappa shape index (κ3) is 3.47. The molecule has 2 aromatic heterocycles. The molecule has 192 valence electrons. The minimum atomic E-state index is -4.28. The molecule has 0 aromatic carbocycles. The summed E-state index contributed by atoms with van der Waals surface area (Å²) in [5.41, 5.74) is -1.53. The minimum Gasteiger partial charge on any atom is -0.382 e. The second-order valence-corrected chi connectivity index (χ2v) is 11.6. The first-order chi connectivity index (χ1) is 17.1. The Bertz CT molecular complexity index is 1190. The molecule has 2 amide bonds. The summed E-state index contributed by atoms with van der Waals surface area (Å²) >= 11 is 0. The van der Waals surface area contributed by atoms with Gasteiger partial charge in [-0.05, 0) is 50.2 Å². The highest BCUT2D eigenvalue weighted by Crippen LogP contribution is 2.56. The van der Waals surface area contributed by atoms with Crippen molar-refractivity contribution >= 4 is 11.8 Å². The number of urea groups is 1. The van der Waals surface area contributed by atoms with E-state index in [4.69, 9.17) is 0 Å². The van der Waals surface area contributed by atoms with Crippen molar-refractivity contribution in [3.8, 4) is 0 Å². The summed E-state index contributed by atoms with van der Waals surface area (Å²) in [5.74, 6) is 2.10. The predicted molar refractivity (Wildman–Crippen MR) is 121 cm³/mol. The van der Waals surface area contributed by atoms with Crippen LogP contribution >= 0.6 is 0 Å². The topological polar surface area (TPSA) is 110 Å². The predicted octanol–water partition coefficient (Wildman–Crippen LogP) is 3.09. The normalized spacial score (nSPS) is 25.7. The Morgan fingerprint density at radius 1 is 1.06 bits per heavy atom. The van der Waals surface area contributed by atoms with E-state index in [1.165, 1.54) is 0 Å². The number of aromatic nitrogens is 4. The number of hydrogen-bond donors (Lipinski definition) is 3. The number of aliphatic hydroxyl groups is 1. The number of nitrogens with one attached hydrogen (secondary N) is 2. The van der Waals surface area contributed by atoms with E-state index in [-0.39, 0.29) is 36.0 Å². The highest BCUT2D eigenvalue weighted by molar-refractivity contribution is 5.77. The van der Waals surface area contributed by atoms with Crippen molar-refractivity contribution < 1.29 is 23.1 Å². The lowest BCUT2D eigenvalue weighted by atomic mass is 9.57. The van der Waals surface area contributed by atoms with Crippen molar-refractivity contribution in [1.82, 2.24) is 30.0 Å². The van der Waals surface area contributed by atoms with Crippen LogP contribution in [0.4, 0.5) is 23.8 Å². The van der Waals surface area contributed by atoms with Gasteiger partial charge in [0.25, 0.3) is 0 Å². The Balaban J connectivity index is 0.871. The van der Waals surface area contributed by atoms with Gasteiger partial charge in [0, 0.05) is 49.6 Å². The number of carbonyl (C=O) groups excluding carboxylic acids is 1. The number of H-pyrrole nitrogens is 1. The Morgan fingerprint density at radius 2 is 1.78 bits per heavy atom. The molecule has 12 heteroatoms. The first-order valence-corrected chi connectivity index (χ1v) is 12.6. The molecule has 2 aromatic rings. The fourth-order valence-electron chi connectivity index (χ4n) is 5.98. The van der Waals surface area contributed by atoms with E-state index in [1.807, 2.05) is 9.80 Å². The van der Waals surface area contributed by atoms with Crippen LogP contribution < -0.4 is 5.32 Å². The van der Waals surface area contributed by atoms with Crippen molar-refractivity contribution in [3.05, 3.63) is 35.5 Å². The van der Waals surface area contributed by atoms with Crippen molar-refractivity contribution in [2.45, 2.75) is 67.7 Å². The van der Waals surface area contributed by atoms with Gasteiger partial charge in [0.2, 0.25) is 0 Å². The van der Waals surface area contributed by atoms with Gasteiger partial charge >= 0.3 is 12.2 Å². The summed E-state index contributed by atoms with van der Waals surface area (Å²) in [6.07, 6.45) is 0.871. The van der Waals surface area contributed by atoms with Gasteiger partial charge in [-0.2, -0.15) is 13.2 Å². The third-order valence-electron chi connectivity index (χ3n) is 8.81. The fourth-order valence-corrected chi connectivity index (χ4v) is 5.98. The van der Waals surface area contributed by atoms with Gasteiger partial charge in [-0.15, -0.1) is 10.2 Å². The van der Waals surface area contributed by atoms with Crippen LogP contribution in [-0.2, 0) is 5.60 Å². The number of alkyl halides is 3. The lowest BCUT2D eigenvalue weighted by molar-refractivity contribution is -0.151. The molecular formula is C24H28F3N7O2. The molecule has 0 radical (unpaired) electrons. The summed E-state index contributed by atoms with van der Waals surface area (Å²) in [7, 11) is 0. The van der Waals surface area contributed by atoms with Crippen molar-refractivity contribution in [2.75, 3.05) is 31.5 Å². The van der Waals surface area contributed by atoms with E-state index in [2.05, 4.69) is 25.5 Å². The number of hydrogen-bond acceptors (Lipinski definition) is 6. The molecule has 2 saturated heterocycles. The van der Waals surface area contributed by atoms with Crippen LogP contribution in [0.3, 0.4) is 0 Å². The number of likely N-dealkylation sites (tertiary alicyclic amines) is 2. The number of carbonyl (C=O) groups is 1. The number of amides is 2. The molecule has 3 aliphatic carbocycles. The molecule has 2 aliphatic heterocycles. The van der Waals surface area contributed by atoms with Gasteiger partial charge in [0.05, 0.1) is 0 Å². The van der Waals surface area contributed by atoms with E-state index in [1.54, 1.807) is 18.3 Å². The molecule has 3 N–H and O–H groups in total. The molecule has 1 spiro atoms. The standard InChI is InChI=1S/C24H28F3N7O2/c25-24(26,27)23(5-6-23)30-17-2-1-14(9-28-17)16-10-33(11-16)20(35)34-12-21(13-34)7-15(8-21)18-29-19(32-31-18)22(36)3-4-22/h1-2,9,15-16,36H,3-8,10-13H2,(H,28,30)(H,29,31,32). The lowest BCUT2D eigenvalue weighted by Crippen LogP contribution is -2.67. The summed E-state index contributed by atoms with van der Waals surface area (Å²) in [6.45, 7) is 2.68. The smallest absolute Gasteiger partial charge is 0.382 e. The van der Waals surface area contributed by atoms with Gasteiger partial charge in [0.15, 0.2) is 5.82 Å². The van der Waals surface area contributed by atoms with E-state index in [0.717, 1.165) is 50.2 Å². The Labute approximate surface area is 205 Å². The highest BCUT2D eigenvalue weighted by atomic mass is 19.4. The molecule has 5 aliphatic rings. The van der Waals surface area contributed by atoms with E-state index < -0.39 is 17.3 Å². The SMILES string of the molecule is O=C(N1CC(c2ccc(NC3(C(F)(F)F)CC3)nc2)C1)N1CC2(CC(c3nnc(C4(O)CC4)[nH]3)C2)C1. The van der Waals surface area contributed by atoms with Gasteiger partial charge in [-0.3, -0.25) is 0 Å². The second kappa shape index (κ2) is 7.11. The molecule has 9 nitrogen and oxygen atoms in total. The lowest BCUT2D eigenvalue weighted by Gasteiger charge is -2.59. The largest absolute Gasteiger partial charge is 0.411 e. The zero-order chi connectivity index (χ0) is 24.9. The third-order valence-corrected chi connectivity index (χ3v) is 8.81. The van der Waals surface area contributed by atoms with Crippen LogP contribution in [0, 0.1) is 5.41 Å². The molecule has 3 saturated carbocycles. The van der Waals surface area contributed by atoms with Crippen molar-refractivity contribution in [3.63, 3.8) is 0 Å². The van der Waals surface area contributed by atoms with Crippen LogP contribution in [0.2, 0.25) is 0 Å². The quantitative estimate of drug-likeness (QED) is 0.579. The molecule has 7 rings (SSSR count). The fraction of sp³-hybridized carbons (Fsp3) is 0.667. The maximum Gasteiger partial charge on any atom is 0.411 e. The minimum absolute atomic E-state index is 0.0466. The molecule has 0 bridgehead atoms. The van der Waals surface area contributed by atoms with Crippen LogP contribution in [0.1, 0.15) is 67.6 Å². The molecule has 4 heterocycles. The Morgan fingerprint density at radius 3 is 2.36 bits per heavy atom. The molecular weight excluding hydrogens is 475 g/mol. The number of aromatic amines is 1. The zero-order valence-electron chi connectivity index (χ0n) is 19.7. The number of halogens is 3. The van der Waals surface area contributed by atoms with Crippen LogP contribution in [-0.4, -0.2) is 79.0 Å². The second-order valence-electron chi connectivity index (χ2n) is 11.6. The maximum atomic E-state index is 13.1. The van der Waals surface area contributed by atoms with E-state index in [0.29, 0.717) is 24.8 Å². The summed E-state index contributed by atoms with van der Waals surface area (Å²) in [4.78, 5) is 24.0. The van der Waals surface area contributed by atoms with E-state index >= 15 is 0 Å². The first-order valence-electron chi connectivity index (χ1n) is 12.6. The average molecular weight is 504 g/mol. The molecule has 0 unspecified atom stereocenters. The Kier molecular flexibility index (Phi) is 4.41. The van der Waals surface area contributed by atoms with Gasteiger partial charge in [-0.25, -0.2) is 9.78 Å². The number of pyridine rings is 1.